The largest absolute Gasteiger partial charge is 0.480 e. The van der Waals surface area contributed by atoms with E-state index in [2.05, 4.69) is 10.1 Å². The summed E-state index contributed by atoms with van der Waals surface area (Å²) in [6, 6.07) is 14.8. The number of para-hydroxylation sites is 1. The fourth-order valence-corrected chi connectivity index (χ4v) is 2.84. The summed E-state index contributed by atoms with van der Waals surface area (Å²) in [5, 5.41) is 4.61. The maximum Gasteiger partial charge on any atom is 0.263 e. The number of amides is 1. The molecule has 1 amide bonds. The second-order valence-electron chi connectivity index (χ2n) is 6.49. The van der Waals surface area contributed by atoms with Gasteiger partial charge in [-0.3, -0.25) is 4.79 Å². The SMILES string of the molecule is CC[C@@H](Oc1ccccc1C)C(=O)N(C)Cc1nc(-c2ccc(Cl)cc2)no1. The fourth-order valence-electron chi connectivity index (χ4n) is 2.71. The van der Waals surface area contributed by atoms with Gasteiger partial charge in [0.05, 0.1) is 6.54 Å². The number of nitrogens with zero attached hydrogens (tertiary/aromatic N) is 3. The van der Waals surface area contributed by atoms with Gasteiger partial charge in [0.1, 0.15) is 5.75 Å². The van der Waals surface area contributed by atoms with Crippen molar-refractivity contribution in [3.63, 3.8) is 0 Å². The third-order valence-electron chi connectivity index (χ3n) is 4.33. The zero-order valence-electron chi connectivity index (χ0n) is 16.1. The van der Waals surface area contributed by atoms with E-state index in [1.807, 2.05) is 50.2 Å². The van der Waals surface area contributed by atoms with E-state index in [1.54, 1.807) is 19.2 Å². The normalized spacial score (nSPS) is 11.9. The predicted molar refractivity (Wildman–Crippen MR) is 107 cm³/mol. The molecule has 0 fully saturated rings. The number of rotatable bonds is 7. The molecule has 0 N–H and O–H groups in total. The zero-order valence-corrected chi connectivity index (χ0v) is 16.8. The Kier molecular flexibility index (Phi) is 6.31. The lowest BCUT2D eigenvalue weighted by Gasteiger charge is -2.23. The number of carbonyl (C=O) groups is 1. The minimum atomic E-state index is -0.579. The number of aromatic nitrogens is 2. The Balaban J connectivity index is 1.66. The molecule has 0 saturated carbocycles. The van der Waals surface area contributed by atoms with Gasteiger partial charge in [0.2, 0.25) is 11.7 Å². The summed E-state index contributed by atoms with van der Waals surface area (Å²) in [4.78, 5) is 18.7. The molecule has 146 valence electrons. The monoisotopic (exact) mass is 399 g/mol. The van der Waals surface area contributed by atoms with Gasteiger partial charge in [0.15, 0.2) is 6.10 Å². The first kappa shape index (κ1) is 19.9. The molecule has 0 unspecified atom stereocenters. The molecule has 1 heterocycles. The molecule has 1 atom stereocenters. The van der Waals surface area contributed by atoms with Crippen LogP contribution in [0.15, 0.2) is 53.1 Å². The maximum atomic E-state index is 12.8. The van der Waals surface area contributed by atoms with Crippen molar-refractivity contribution < 1.29 is 14.1 Å². The van der Waals surface area contributed by atoms with Crippen molar-refractivity contribution in [3.05, 3.63) is 65.0 Å². The van der Waals surface area contributed by atoms with Crippen molar-refractivity contribution in [2.45, 2.75) is 32.9 Å². The number of ether oxygens (including phenoxy) is 1. The van der Waals surface area contributed by atoms with Crippen LogP contribution in [0.25, 0.3) is 11.4 Å². The Morgan fingerprint density at radius 3 is 2.61 bits per heavy atom. The Morgan fingerprint density at radius 1 is 1.21 bits per heavy atom. The van der Waals surface area contributed by atoms with Crippen molar-refractivity contribution in [2.75, 3.05) is 7.05 Å². The van der Waals surface area contributed by atoms with Crippen molar-refractivity contribution in [1.82, 2.24) is 15.0 Å². The molecule has 0 aliphatic rings. The van der Waals surface area contributed by atoms with Crippen molar-refractivity contribution in [1.29, 1.82) is 0 Å². The number of benzene rings is 2. The van der Waals surface area contributed by atoms with Crippen molar-refractivity contribution >= 4 is 17.5 Å². The summed E-state index contributed by atoms with van der Waals surface area (Å²) < 4.78 is 11.2. The molecule has 0 radical (unpaired) electrons. The van der Waals surface area contributed by atoms with Crippen LogP contribution >= 0.6 is 11.6 Å². The molecule has 0 bridgehead atoms. The van der Waals surface area contributed by atoms with Crippen LogP contribution in [0.3, 0.4) is 0 Å². The third-order valence-corrected chi connectivity index (χ3v) is 4.58. The minimum absolute atomic E-state index is 0.142. The molecule has 0 spiro atoms. The molecule has 3 rings (SSSR count). The molecule has 7 heteroatoms. The number of halogens is 1. The average Bonchev–Trinajstić information content (AvgIpc) is 3.16. The highest BCUT2D eigenvalue weighted by molar-refractivity contribution is 6.30. The van der Waals surface area contributed by atoms with E-state index in [9.17, 15) is 4.79 Å². The second kappa shape index (κ2) is 8.89. The lowest BCUT2D eigenvalue weighted by atomic mass is 10.2. The third kappa shape index (κ3) is 4.70. The van der Waals surface area contributed by atoms with Gasteiger partial charge in [-0.2, -0.15) is 4.98 Å². The molecule has 1 aromatic heterocycles. The second-order valence-corrected chi connectivity index (χ2v) is 6.93. The van der Waals surface area contributed by atoms with E-state index in [0.29, 0.717) is 28.9 Å². The number of carbonyl (C=O) groups excluding carboxylic acids is 1. The standard InChI is InChI=1S/C21H22ClN3O3/c1-4-17(27-18-8-6-5-7-14(18)2)21(26)25(3)13-19-23-20(24-28-19)15-9-11-16(22)12-10-15/h5-12,17H,4,13H2,1-3H3/t17-/m1/s1. The van der Waals surface area contributed by atoms with Gasteiger partial charge in [-0.15, -0.1) is 0 Å². The highest BCUT2D eigenvalue weighted by Gasteiger charge is 2.24. The van der Waals surface area contributed by atoms with Crippen LogP contribution in [0.2, 0.25) is 5.02 Å². The smallest absolute Gasteiger partial charge is 0.263 e. The number of hydrogen-bond acceptors (Lipinski definition) is 5. The molecule has 6 nitrogen and oxygen atoms in total. The maximum absolute atomic E-state index is 12.8. The first-order chi connectivity index (χ1) is 13.5. The quantitative estimate of drug-likeness (QED) is 0.584. The molecular weight excluding hydrogens is 378 g/mol. The van der Waals surface area contributed by atoms with E-state index in [-0.39, 0.29) is 12.5 Å². The lowest BCUT2D eigenvalue weighted by molar-refractivity contribution is -0.138. The molecule has 0 aliphatic carbocycles. The van der Waals surface area contributed by atoms with Gasteiger partial charge in [-0.05, 0) is 49.2 Å². The van der Waals surface area contributed by atoms with Crippen LogP contribution in [0.5, 0.6) is 5.75 Å². The lowest BCUT2D eigenvalue weighted by Crippen LogP contribution is -2.39. The fraction of sp³-hybridized carbons (Fsp3) is 0.286. The van der Waals surface area contributed by atoms with E-state index in [0.717, 1.165) is 11.1 Å². The van der Waals surface area contributed by atoms with Crippen LogP contribution in [-0.2, 0) is 11.3 Å². The predicted octanol–water partition coefficient (Wildman–Crippen LogP) is 4.51. The molecule has 3 aromatic rings. The number of aryl methyl sites for hydroxylation is 1. The summed E-state index contributed by atoms with van der Waals surface area (Å²) in [6.45, 7) is 4.07. The summed E-state index contributed by atoms with van der Waals surface area (Å²) in [5.41, 5.74) is 1.78. The summed E-state index contributed by atoms with van der Waals surface area (Å²) in [5.74, 6) is 1.37. The summed E-state index contributed by atoms with van der Waals surface area (Å²) in [7, 11) is 1.69. The van der Waals surface area contributed by atoms with Gasteiger partial charge in [-0.1, -0.05) is 41.9 Å². The zero-order chi connectivity index (χ0) is 20.1. The molecule has 28 heavy (non-hydrogen) atoms. The minimum Gasteiger partial charge on any atom is -0.480 e. The average molecular weight is 400 g/mol. The van der Waals surface area contributed by atoms with Crippen molar-refractivity contribution in [3.8, 4) is 17.1 Å². The van der Waals surface area contributed by atoms with Gasteiger partial charge in [0.25, 0.3) is 5.91 Å². The number of hydrogen-bond donors (Lipinski definition) is 0. The summed E-state index contributed by atoms with van der Waals surface area (Å²) in [6.07, 6.45) is -0.0260. The van der Waals surface area contributed by atoms with Gasteiger partial charge in [0, 0.05) is 17.6 Å². The Hall–Kier alpha value is -2.86. The Morgan fingerprint density at radius 2 is 1.93 bits per heavy atom. The van der Waals surface area contributed by atoms with Crippen LogP contribution < -0.4 is 4.74 Å². The van der Waals surface area contributed by atoms with Crippen LogP contribution in [0, 0.1) is 6.92 Å². The molecule has 0 aliphatic heterocycles. The first-order valence-corrected chi connectivity index (χ1v) is 9.41. The number of likely N-dealkylation sites (N-methyl/N-ethyl adjacent to an activating group) is 1. The Labute approximate surface area is 169 Å². The highest BCUT2D eigenvalue weighted by Crippen LogP contribution is 2.21. The summed E-state index contributed by atoms with van der Waals surface area (Å²) >= 11 is 5.90. The molecular formula is C21H22ClN3O3. The van der Waals surface area contributed by atoms with E-state index in [1.165, 1.54) is 4.90 Å². The van der Waals surface area contributed by atoms with Crippen LogP contribution in [0.1, 0.15) is 24.8 Å². The Bertz CT molecular complexity index is 940. The van der Waals surface area contributed by atoms with Crippen molar-refractivity contribution in [2.24, 2.45) is 0 Å². The van der Waals surface area contributed by atoms with Gasteiger partial charge >= 0.3 is 0 Å². The van der Waals surface area contributed by atoms with Gasteiger partial charge < -0.3 is 14.2 Å². The van der Waals surface area contributed by atoms with E-state index in [4.69, 9.17) is 20.9 Å². The highest BCUT2D eigenvalue weighted by atomic mass is 35.5. The molecule has 2 aromatic carbocycles. The topological polar surface area (TPSA) is 68.5 Å². The first-order valence-electron chi connectivity index (χ1n) is 9.03. The van der Waals surface area contributed by atoms with Gasteiger partial charge in [-0.25, -0.2) is 0 Å². The van der Waals surface area contributed by atoms with Crippen LogP contribution in [-0.4, -0.2) is 34.1 Å². The molecule has 0 saturated heterocycles. The van der Waals surface area contributed by atoms with E-state index < -0.39 is 6.10 Å². The van der Waals surface area contributed by atoms with E-state index >= 15 is 0 Å². The van der Waals surface area contributed by atoms with Crippen LogP contribution in [0.4, 0.5) is 0 Å².